The molecule has 5 nitrogen and oxygen atoms in total. The molecule has 1 N–H and O–H groups in total. The lowest BCUT2D eigenvalue weighted by molar-refractivity contribution is -0.123. The van der Waals surface area contributed by atoms with Gasteiger partial charge in [-0.1, -0.05) is 30.3 Å². The Bertz CT molecular complexity index is 754. The molecule has 25 heavy (non-hydrogen) atoms. The molecule has 0 bridgehead atoms. The van der Waals surface area contributed by atoms with Crippen molar-refractivity contribution in [3.63, 3.8) is 0 Å². The fourth-order valence-corrected chi connectivity index (χ4v) is 3.18. The Morgan fingerprint density at radius 3 is 2.20 bits per heavy atom. The standard InChI is InChI=1S/C20H23NO4/c1-23-16-10-9-14(17(24-2)18(16)25-3)13-21-19(22)20(11-12-20)15-7-5-4-6-8-15/h4-10H,11-13H2,1-3H3,(H,21,22). The molecule has 0 unspecified atom stereocenters. The van der Waals surface area contributed by atoms with E-state index in [1.54, 1.807) is 21.3 Å². The lowest BCUT2D eigenvalue weighted by Gasteiger charge is -2.18. The molecule has 2 aromatic rings. The first-order valence-corrected chi connectivity index (χ1v) is 8.28. The van der Waals surface area contributed by atoms with Gasteiger partial charge in [-0.15, -0.1) is 0 Å². The first-order valence-electron chi connectivity index (χ1n) is 8.28. The molecule has 0 aliphatic heterocycles. The molecular weight excluding hydrogens is 318 g/mol. The Morgan fingerprint density at radius 1 is 0.960 bits per heavy atom. The first-order chi connectivity index (χ1) is 12.2. The van der Waals surface area contributed by atoms with Crippen molar-refractivity contribution in [2.75, 3.05) is 21.3 Å². The van der Waals surface area contributed by atoms with E-state index in [9.17, 15) is 4.79 Å². The molecule has 0 saturated heterocycles. The van der Waals surface area contributed by atoms with Crippen LogP contribution >= 0.6 is 0 Å². The second-order valence-corrected chi connectivity index (χ2v) is 6.12. The fourth-order valence-electron chi connectivity index (χ4n) is 3.18. The quantitative estimate of drug-likeness (QED) is 0.841. The zero-order valence-corrected chi connectivity index (χ0v) is 14.8. The van der Waals surface area contributed by atoms with Crippen molar-refractivity contribution >= 4 is 5.91 Å². The molecule has 1 amide bonds. The normalized spacial score (nSPS) is 14.5. The maximum Gasteiger partial charge on any atom is 0.230 e. The number of amides is 1. The van der Waals surface area contributed by atoms with E-state index in [-0.39, 0.29) is 11.3 Å². The van der Waals surface area contributed by atoms with Crippen molar-refractivity contribution in [3.8, 4) is 17.2 Å². The second-order valence-electron chi connectivity index (χ2n) is 6.12. The van der Waals surface area contributed by atoms with Gasteiger partial charge in [0.05, 0.1) is 26.7 Å². The molecule has 1 fully saturated rings. The van der Waals surface area contributed by atoms with Crippen molar-refractivity contribution in [1.82, 2.24) is 5.32 Å². The average Bonchev–Trinajstić information content (AvgIpc) is 3.47. The minimum absolute atomic E-state index is 0.0514. The van der Waals surface area contributed by atoms with Gasteiger partial charge in [-0.3, -0.25) is 4.79 Å². The highest BCUT2D eigenvalue weighted by atomic mass is 16.5. The SMILES string of the molecule is COc1ccc(CNC(=O)C2(c3ccccc3)CC2)c(OC)c1OC. The zero-order chi connectivity index (χ0) is 17.9. The van der Waals surface area contributed by atoms with Crippen LogP contribution in [0.15, 0.2) is 42.5 Å². The molecule has 132 valence electrons. The molecule has 0 spiro atoms. The maximum atomic E-state index is 12.8. The van der Waals surface area contributed by atoms with Crippen LogP contribution in [0, 0.1) is 0 Å². The minimum Gasteiger partial charge on any atom is -0.493 e. The van der Waals surface area contributed by atoms with E-state index in [2.05, 4.69) is 5.32 Å². The van der Waals surface area contributed by atoms with Crippen LogP contribution in [0.3, 0.4) is 0 Å². The maximum absolute atomic E-state index is 12.8. The summed E-state index contributed by atoms with van der Waals surface area (Å²) >= 11 is 0. The molecular formula is C20H23NO4. The van der Waals surface area contributed by atoms with Gasteiger partial charge in [0.25, 0.3) is 0 Å². The summed E-state index contributed by atoms with van der Waals surface area (Å²) < 4.78 is 16.2. The van der Waals surface area contributed by atoms with E-state index < -0.39 is 0 Å². The van der Waals surface area contributed by atoms with Crippen LogP contribution in [0.1, 0.15) is 24.0 Å². The van der Waals surface area contributed by atoms with Gasteiger partial charge in [0, 0.05) is 12.1 Å². The summed E-state index contributed by atoms with van der Waals surface area (Å²) in [6.45, 7) is 0.372. The number of ether oxygens (including phenoxy) is 3. The van der Waals surface area contributed by atoms with Gasteiger partial charge in [-0.25, -0.2) is 0 Å². The van der Waals surface area contributed by atoms with Crippen LogP contribution < -0.4 is 19.5 Å². The van der Waals surface area contributed by atoms with Gasteiger partial charge in [-0.05, 0) is 30.5 Å². The molecule has 2 aromatic carbocycles. The Hall–Kier alpha value is -2.69. The Balaban J connectivity index is 1.77. The third-order valence-electron chi connectivity index (χ3n) is 4.74. The highest BCUT2D eigenvalue weighted by Gasteiger charge is 2.50. The van der Waals surface area contributed by atoms with Crippen LogP contribution in [0.25, 0.3) is 0 Å². The lowest BCUT2D eigenvalue weighted by atomic mass is 9.95. The Morgan fingerprint density at radius 2 is 1.64 bits per heavy atom. The van der Waals surface area contributed by atoms with Gasteiger partial charge in [-0.2, -0.15) is 0 Å². The number of carbonyl (C=O) groups is 1. The van der Waals surface area contributed by atoms with E-state index >= 15 is 0 Å². The van der Waals surface area contributed by atoms with E-state index in [0.29, 0.717) is 23.8 Å². The van der Waals surface area contributed by atoms with E-state index in [4.69, 9.17) is 14.2 Å². The summed E-state index contributed by atoms with van der Waals surface area (Å²) in [5, 5.41) is 3.05. The molecule has 0 aromatic heterocycles. The number of benzene rings is 2. The molecule has 0 atom stereocenters. The van der Waals surface area contributed by atoms with Gasteiger partial charge in [0.1, 0.15) is 0 Å². The second kappa shape index (κ2) is 7.05. The number of carbonyl (C=O) groups excluding carboxylic acids is 1. The van der Waals surface area contributed by atoms with Crippen molar-refractivity contribution in [2.24, 2.45) is 0 Å². The van der Waals surface area contributed by atoms with Crippen molar-refractivity contribution in [3.05, 3.63) is 53.6 Å². The third kappa shape index (κ3) is 3.14. The molecule has 5 heteroatoms. The van der Waals surface area contributed by atoms with E-state index in [1.807, 2.05) is 42.5 Å². The molecule has 0 heterocycles. The first kappa shape index (κ1) is 17.1. The highest BCUT2D eigenvalue weighted by Crippen LogP contribution is 2.48. The van der Waals surface area contributed by atoms with Gasteiger partial charge < -0.3 is 19.5 Å². The summed E-state index contributed by atoms with van der Waals surface area (Å²) in [6, 6.07) is 13.6. The van der Waals surface area contributed by atoms with Crippen molar-refractivity contribution in [2.45, 2.75) is 24.8 Å². The summed E-state index contributed by atoms with van der Waals surface area (Å²) in [6.07, 6.45) is 1.76. The predicted octanol–water partition coefficient (Wildman–Crippen LogP) is 3.06. The fraction of sp³-hybridized carbons (Fsp3) is 0.350. The predicted molar refractivity (Wildman–Crippen MR) is 95.3 cm³/mol. The average molecular weight is 341 g/mol. The summed E-state index contributed by atoms with van der Waals surface area (Å²) in [4.78, 5) is 12.8. The largest absolute Gasteiger partial charge is 0.493 e. The Labute approximate surface area is 147 Å². The monoisotopic (exact) mass is 341 g/mol. The van der Waals surface area contributed by atoms with Crippen LogP contribution in [-0.4, -0.2) is 27.2 Å². The number of methoxy groups -OCH3 is 3. The van der Waals surface area contributed by atoms with Gasteiger partial charge in [0.15, 0.2) is 11.5 Å². The number of hydrogen-bond acceptors (Lipinski definition) is 4. The highest BCUT2D eigenvalue weighted by molar-refractivity contribution is 5.91. The topological polar surface area (TPSA) is 56.8 Å². The van der Waals surface area contributed by atoms with E-state index in [0.717, 1.165) is 24.0 Å². The smallest absolute Gasteiger partial charge is 0.230 e. The molecule has 1 saturated carbocycles. The van der Waals surface area contributed by atoms with Crippen molar-refractivity contribution < 1.29 is 19.0 Å². The molecule has 3 rings (SSSR count). The molecule has 1 aliphatic carbocycles. The van der Waals surface area contributed by atoms with Gasteiger partial charge in [0.2, 0.25) is 11.7 Å². The lowest BCUT2D eigenvalue weighted by Crippen LogP contribution is -2.34. The van der Waals surface area contributed by atoms with Gasteiger partial charge >= 0.3 is 0 Å². The van der Waals surface area contributed by atoms with E-state index in [1.165, 1.54) is 0 Å². The number of rotatable bonds is 7. The Kier molecular flexibility index (Phi) is 4.83. The van der Waals surface area contributed by atoms with Crippen molar-refractivity contribution in [1.29, 1.82) is 0 Å². The summed E-state index contributed by atoms with van der Waals surface area (Å²) in [7, 11) is 4.72. The van der Waals surface area contributed by atoms with Crippen LogP contribution in [0.4, 0.5) is 0 Å². The van der Waals surface area contributed by atoms with Crippen LogP contribution in [0.5, 0.6) is 17.2 Å². The molecule has 0 radical (unpaired) electrons. The molecule has 1 aliphatic rings. The third-order valence-corrected chi connectivity index (χ3v) is 4.74. The number of nitrogens with one attached hydrogen (secondary N) is 1. The van der Waals surface area contributed by atoms with Crippen LogP contribution in [-0.2, 0) is 16.8 Å². The summed E-state index contributed by atoms with van der Waals surface area (Å²) in [5.74, 6) is 1.75. The minimum atomic E-state index is -0.384. The summed E-state index contributed by atoms with van der Waals surface area (Å²) in [5.41, 5.74) is 1.54. The van der Waals surface area contributed by atoms with Crippen LogP contribution in [0.2, 0.25) is 0 Å². The zero-order valence-electron chi connectivity index (χ0n) is 14.8. The number of hydrogen-bond donors (Lipinski definition) is 1.